The van der Waals surface area contributed by atoms with Crippen molar-refractivity contribution in [2.75, 3.05) is 31.9 Å². The number of nitrogens with zero attached hydrogens (tertiary/aromatic N) is 2. The van der Waals surface area contributed by atoms with Crippen molar-refractivity contribution in [3.8, 4) is 11.8 Å². The van der Waals surface area contributed by atoms with Crippen LogP contribution in [-0.4, -0.2) is 52.4 Å². The summed E-state index contributed by atoms with van der Waals surface area (Å²) in [6.45, 7) is 6.70. The highest BCUT2D eigenvalue weighted by molar-refractivity contribution is 6.38. The lowest BCUT2D eigenvalue weighted by molar-refractivity contribution is 0.0808. The van der Waals surface area contributed by atoms with Crippen molar-refractivity contribution in [3.05, 3.63) is 69.3 Å². The third kappa shape index (κ3) is 6.58. The number of anilines is 1. The van der Waals surface area contributed by atoms with Gasteiger partial charge in [0, 0.05) is 40.6 Å². The molecule has 0 amide bonds. The van der Waals surface area contributed by atoms with Gasteiger partial charge in [0.15, 0.2) is 0 Å². The Kier molecular flexibility index (Phi) is 8.93. The molecule has 1 heterocycles. The van der Waals surface area contributed by atoms with Gasteiger partial charge >= 0.3 is 0 Å². The lowest BCUT2D eigenvalue weighted by Crippen LogP contribution is -2.39. The first-order valence-electron chi connectivity index (χ1n) is 10.8. The van der Waals surface area contributed by atoms with Crippen LogP contribution in [0.15, 0.2) is 42.6 Å². The first-order valence-corrected chi connectivity index (χ1v) is 11.5. The minimum absolute atomic E-state index is 0.289. The van der Waals surface area contributed by atoms with E-state index in [-0.39, 0.29) is 6.54 Å². The second kappa shape index (κ2) is 11.7. The molecule has 3 aromatic rings. The number of hydrogen-bond acceptors (Lipinski definition) is 6. The van der Waals surface area contributed by atoms with Gasteiger partial charge in [-0.3, -0.25) is 5.32 Å². The van der Waals surface area contributed by atoms with E-state index >= 15 is 0 Å². The number of halogens is 2. The van der Waals surface area contributed by atoms with Gasteiger partial charge in [-0.1, -0.05) is 61.0 Å². The summed E-state index contributed by atoms with van der Waals surface area (Å²) in [5.41, 5.74) is 8.04. The molecule has 6 nitrogen and oxygen atoms in total. The molecule has 0 aliphatic heterocycles. The van der Waals surface area contributed by atoms with Crippen molar-refractivity contribution in [2.24, 2.45) is 0 Å². The lowest BCUT2D eigenvalue weighted by atomic mass is 10.1. The van der Waals surface area contributed by atoms with Crippen LogP contribution >= 0.6 is 23.2 Å². The summed E-state index contributed by atoms with van der Waals surface area (Å²) >= 11 is 12.4. The van der Waals surface area contributed by atoms with Crippen LogP contribution in [0.2, 0.25) is 10.0 Å². The number of benzene rings is 2. The Bertz CT molecular complexity index is 1160. The second-order valence-electron chi connectivity index (χ2n) is 7.69. The fourth-order valence-corrected chi connectivity index (χ4v) is 4.03. The van der Waals surface area contributed by atoms with Crippen LogP contribution in [-0.2, 0) is 0 Å². The minimum atomic E-state index is -0.888. The zero-order chi connectivity index (χ0) is 24.0. The molecule has 0 aliphatic carbocycles. The molecule has 33 heavy (non-hydrogen) atoms. The molecular formula is C25H28Cl2N4O2. The number of nitrogens with one attached hydrogen (secondary N) is 1. The van der Waals surface area contributed by atoms with Gasteiger partial charge in [-0.05, 0) is 42.9 Å². The van der Waals surface area contributed by atoms with E-state index in [0.29, 0.717) is 33.5 Å². The molecule has 0 saturated heterocycles. The van der Waals surface area contributed by atoms with Crippen molar-refractivity contribution in [1.29, 1.82) is 0 Å². The molecule has 0 saturated carbocycles. The monoisotopic (exact) mass is 486 g/mol. The van der Waals surface area contributed by atoms with Crippen molar-refractivity contribution in [1.82, 2.24) is 15.2 Å². The standard InChI is InChI=1S/C25H28Cl2N4O2/c1-3-31(4-2)15-19(32)13-30-25(33)17-8-5-16(6-9-17)7-10-20-21-11-18(26)12-23(27)22(21)14-29-24(20)28/h5-6,8-9,11-12,14,19,25,30,32-33H,3-4,13,15H2,1-2H3,(H2,28,29). The predicted octanol–water partition coefficient (Wildman–Crippen LogP) is 3.81. The fraction of sp³-hybridized carbons (Fsp3) is 0.320. The first kappa shape index (κ1) is 25.3. The van der Waals surface area contributed by atoms with E-state index in [1.807, 2.05) is 12.1 Å². The third-order valence-electron chi connectivity index (χ3n) is 5.42. The number of fused-ring (bicyclic) bond motifs is 1. The van der Waals surface area contributed by atoms with E-state index in [2.05, 4.69) is 40.9 Å². The second-order valence-corrected chi connectivity index (χ2v) is 8.53. The van der Waals surface area contributed by atoms with Gasteiger partial charge < -0.3 is 20.8 Å². The summed E-state index contributed by atoms with van der Waals surface area (Å²) in [5.74, 6) is 6.45. The number of aromatic nitrogens is 1. The van der Waals surface area contributed by atoms with Crippen molar-refractivity contribution in [3.63, 3.8) is 0 Å². The number of aliphatic hydroxyl groups is 2. The molecule has 2 atom stereocenters. The highest BCUT2D eigenvalue weighted by Gasteiger charge is 2.13. The van der Waals surface area contributed by atoms with Gasteiger partial charge in [0.25, 0.3) is 0 Å². The van der Waals surface area contributed by atoms with Gasteiger partial charge in [-0.15, -0.1) is 0 Å². The van der Waals surface area contributed by atoms with Crippen LogP contribution in [0.1, 0.15) is 36.8 Å². The molecular weight excluding hydrogens is 459 g/mol. The topological polar surface area (TPSA) is 94.6 Å². The van der Waals surface area contributed by atoms with Crippen LogP contribution < -0.4 is 11.1 Å². The molecule has 174 valence electrons. The highest BCUT2D eigenvalue weighted by Crippen LogP contribution is 2.31. The van der Waals surface area contributed by atoms with E-state index < -0.39 is 12.3 Å². The molecule has 1 aromatic heterocycles. The van der Waals surface area contributed by atoms with Crippen molar-refractivity contribution in [2.45, 2.75) is 26.2 Å². The molecule has 0 fully saturated rings. The number of likely N-dealkylation sites (N-methyl/N-ethyl adjacent to an activating group) is 1. The molecule has 0 aliphatic rings. The van der Waals surface area contributed by atoms with E-state index in [4.69, 9.17) is 28.9 Å². The van der Waals surface area contributed by atoms with Crippen LogP contribution in [0, 0.1) is 11.8 Å². The van der Waals surface area contributed by atoms with Gasteiger partial charge in [-0.25, -0.2) is 4.98 Å². The number of hydrogen-bond donors (Lipinski definition) is 4. The Morgan fingerprint density at radius 1 is 1.06 bits per heavy atom. The van der Waals surface area contributed by atoms with Crippen LogP contribution in [0.3, 0.4) is 0 Å². The average Bonchev–Trinajstić information content (AvgIpc) is 2.80. The van der Waals surface area contributed by atoms with E-state index in [1.165, 1.54) is 0 Å². The molecule has 2 aromatic carbocycles. The zero-order valence-corrected chi connectivity index (χ0v) is 20.2. The lowest BCUT2D eigenvalue weighted by Gasteiger charge is -2.23. The minimum Gasteiger partial charge on any atom is -0.390 e. The highest BCUT2D eigenvalue weighted by atomic mass is 35.5. The van der Waals surface area contributed by atoms with Crippen molar-refractivity contribution >= 4 is 39.8 Å². The molecule has 0 spiro atoms. The number of nitrogen functional groups attached to an aromatic ring is 1. The number of rotatable bonds is 8. The van der Waals surface area contributed by atoms with E-state index in [1.54, 1.807) is 30.5 Å². The first-order chi connectivity index (χ1) is 15.8. The van der Waals surface area contributed by atoms with Gasteiger partial charge in [0.05, 0.1) is 16.7 Å². The Hall–Kier alpha value is -2.37. The summed E-state index contributed by atoms with van der Waals surface area (Å²) in [6.07, 6.45) is 0.156. The normalized spacial score (nSPS) is 13.1. The van der Waals surface area contributed by atoms with Gasteiger partial charge in [0.2, 0.25) is 0 Å². The molecule has 8 heteroatoms. The molecule has 0 radical (unpaired) electrons. The van der Waals surface area contributed by atoms with Crippen LogP contribution in [0.25, 0.3) is 10.8 Å². The Labute approximate surface area is 204 Å². The maximum atomic E-state index is 10.4. The summed E-state index contributed by atoms with van der Waals surface area (Å²) < 4.78 is 0. The number of pyridine rings is 1. The summed E-state index contributed by atoms with van der Waals surface area (Å²) in [7, 11) is 0. The van der Waals surface area contributed by atoms with Crippen LogP contribution in [0.4, 0.5) is 5.82 Å². The third-order valence-corrected chi connectivity index (χ3v) is 5.95. The average molecular weight is 487 g/mol. The van der Waals surface area contributed by atoms with E-state index in [0.717, 1.165) is 29.4 Å². The molecule has 5 N–H and O–H groups in total. The maximum absolute atomic E-state index is 10.4. The quantitative estimate of drug-likeness (QED) is 0.285. The molecule has 0 bridgehead atoms. The van der Waals surface area contributed by atoms with Gasteiger partial charge in [-0.2, -0.15) is 0 Å². The Morgan fingerprint density at radius 3 is 2.42 bits per heavy atom. The Balaban J connectivity index is 1.71. The summed E-state index contributed by atoms with van der Waals surface area (Å²) in [5, 5.41) is 26.0. The molecule has 2 unspecified atom stereocenters. The smallest absolute Gasteiger partial charge is 0.139 e. The van der Waals surface area contributed by atoms with Gasteiger partial charge in [0.1, 0.15) is 12.0 Å². The largest absolute Gasteiger partial charge is 0.390 e. The van der Waals surface area contributed by atoms with E-state index in [9.17, 15) is 10.2 Å². The summed E-state index contributed by atoms with van der Waals surface area (Å²) in [4.78, 5) is 6.32. The predicted molar refractivity (Wildman–Crippen MR) is 135 cm³/mol. The van der Waals surface area contributed by atoms with Crippen molar-refractivity contribution < 1.29 is 10.2 Å². The SMILES string of the molecule is CCN(CC)CC(O)CNC(O)c1ccc(C#Cc2c(N)ncc3c(Cl)cc(Cl)cc23)cc1. The summed E-state index contributed by atoms with van der Waals surface area (Å²) in [6, 6.07) is 10.6. The molecule has 3 rings (SSSR count). The fourth-order valence-electron chi connectivity index (χ4n) is 3.48. The Morgan fingerprint density at radius 2 is 1.76 bits per heavy atom. The number of aliphatic hydroxyl groups excluding tert-OH is 2. The van der Waals surface area contributed by atoms with Crippen LogP contribution in [0.5, 0.6) is 0 Å². The zero-order valence-electron chi connectivity index (χ0n) is 18.6. The maximum Gasteiger partial charge on any atom is 0.139 e. The number of nitrogens with two attached hydrogens (primary N) is 1.